The Morgan fingerprint density at radius 1 is 1.07 bits per heavy atom. The van der Waals surface area contributed by atoms with Gasteiger partial charge in [-0.1, -0.05) is 0 Å². The zero-order chi connectivity index (χ0) is 11.4. The summed E-state index contributed by atoms with van der Waals surface area (Å²) in [4.78, 5) is 10.8. The van der Waals surface area contributed by atoms with E-state index in [9.17, 15) is 4.79 Å². The molecular weight excluding hydrogens is 255 g/mol. The van der Waals surface area contributed by atoms with Crippen LogP contribution in [0.1, 0.15) is 51.9 Å². The van der Waals surface area contributed by atoms with Crippen molar-refractivity contribution in [1.82, 2.24) is 0 Å². The molecule has 0 aromatic carbocycles. The van der Waals surface area contributed by atoms with E-state index >= 15 is 0 Å². The van der Waals surface area contributed by atoms with Crippen molar-refractivity contribution in [2.75, 3.05) is 7.11 Å². The van der Waals surface area contributed by atoms with Gasteiger partial charge in [-0.05, 0) is 0 Å². The van der Waals surface area contributed by atoms with Gasteiger partial charge in [0.05, 0.1) is 0 Å². The molecule has 0 aromatic heterocycles. The number of esters is 1. The van der Waals surface area contributed by atoms with Gasteiger partial charge < -0.3 is 0 Å². The van der Waals surface area contributed by atoms with Crippen LogP contribution < -0.4 is 0 Å². The molecule has 0 amide bonds. The van der Waals surface area contributed by atoms with Crippen LogP contribution in [0, 0.1) is 0 Å². The van der Waals surface area contributed by atoms with Crippen molar-refractivity contribution in [2.24, 2.45) is 0 Å². The van der Waals surface area contributed by atoms with Crippen molar-refractivity contribution >= 4 is 20.9 Å². The molecule has 15 heavy (non-hydrogen) atoms. The zero-order valence-electron chi connectivity index (χ0n) is 10.1. The predicted molar refractivity (Wildman–Crippen MR) is 65.4 cm³/mol. The number of carbonyl (C=O) groups excluding carboxylic acids is 1. The van der Waals surface area contributed by atoms with Crippen LogP contribution in [0.25, 0.3) is 0 Å². The van der Waals surface area contributed by atoms with Gasteiger partial charge in [0.25, 0.3) is 0 Å². The number of carbonyl (C=O) groups is 1. The molecule has 0 aliphatic rings. The van der Waals surface area contributed by atoms with Crippen LogP contribution in [0.3, 0.4) is 0 Å². The van der Waals surface area contributed by atoms with Crippen molar-refractivity contribution in [3.05, 3.63) is 0 Å². The van der Waals surface area contributed by atoms with Crippen molar-refractivity contribution in [3.63, 3.8) is 0 Å². The Labute approximate surface area is 100 Å². The van der Waals surface area contributed by atoms with E-state index in [2.05, 4.69) is 11.7 Å². The molecule has 0 fully saturated rings. The van der Waals surface area contributed by atoms with Gasteiger partial charge in [0.15, 0.2) is 0 Å². The number of rotatable bonds is 10. The van der Waals surface area contributed by atoms with Crippen molar-refractivity contribution < 1.29 is 9.53 Å². The number of methoxy groups -OCH3 is 1. The van der Waals surface area contributed by atoms with Crippen LogP contribution in [-0.4, -0.2) is 28.0 Å². The van der Waals surface area contributed by atoms with Crippen LogP contribution >= 0.6 is 0 Å². The average molecular weight is 279 g/mol. The fourth-order valence-electron chi connectivity index (χ4n) is 1.38. The van der Waals surface area contributed by atoms with Gasteiger partial charge >= 0.3 is 100 Å². The molecule has 0 saturated heterocycles. The van der Waals surface area contributed by atoms with E-state index in [1.807, 2.05) is 0 Å². The second-order valence-corrected chi connectivity index (χ2v) is 6.07. The summed E-state index contributed by atoms with van der Waals surface area (Å²) in [5, 5.41) is 1.88. The van der Waals surface area contributed by atoms with E-state index in [4.69, 9.17) is 0 Å². The normalized spacial score (nSPS) is 10.3. The van der Waals surface area contributed by atoms with Crippen molar-refractivity contribution in [3.8, 4) is 0 Å². The standard InChI is InChI=1S/C12H24O2Se/c1-3-4-5-6-7-8-9-10-15-11-12(13)14-2/h3-11H2,1-2H3. The third-order valence-corrected chi connectivity index (χ3v) is 4.47. The summed E-state index contributed by atoms with van der Waals surface area (Å²) in [6.07, 6.45) is 9.49. The van der Waals surface area contributed by atoms with E-state index in [-0.39, 0.29) is 5.97 Å². The molecule has 0 atom stereocenters. The molecule has 2 nitrogen and oxygen atoms in total. The summed E-state index contributed by atoms with van der Waals surface area (Å²) < 4.78 is 4.60. The molecule has 0 bridgehead atoms. The minimum absolute atomic E-state index is 0.0436. The molecule has 0 aromatic rings. The van der Waals surface area contributed by atoms with E-state index in [0.29, 0.717) is 20.3 Å². The molecule has 0 spiro atoms. The van der Waals surface area contributed by atoms with Crippen LogP contribution in [0.15, 0.2) is 0 Å². The Morgan fingerprint density at radius 2 is 1.67 bits per heavy atom. The molecule has 0 N–H and O–H groups in total. The maximum absolute atomic E-state index is 10.8. The Kier molecular flexibility index (Phi) is 12.1. The van der Waals surface area contributed by atoms with Crippen molar-refractivity contribution in [1.29, 1.82) is 0 Å². The summed E-state index contributed by atoms with van der Waals surface area (Å²) >= 11 is 0.469. The SMILES string of the molecule is CCCCCCCCC[Se]CC(=O)OC. The first kappa shape index (κ1) is 15.0. The first-order chi connectivity index (χ1) is 7.31. The first-order valence-electron chi connectivity index (χ1n) is 5.95. The summed E-state index contributed by atoms with van der Waals surface area (Å²) in [6.45, 7) is 2.25. The number of ether oxygens (including phenoxy) is 1. The molecule has 0 rings (SSSR count). The molecule has 0 aliphatic carbocycles. The van der Waals surface area contributed by atoms with Gasteiger partial charge in [-0.3, -0.25) is 0 Å². The molecular formula is C12H24O2Se. The number of hydrogen-bond acceptors (Lipinski definition) is 2. The second-order valence-electron chi connectivity index (χ2n) is 3.75. The maximum atomic E-state index is 10.8. The van der Waals surface area contributed by atoms with Crippen LogP contribution in [0.5, 0.6) is 0 Å². The van der Waals surface area contributed by atoms with Gasteiger partial charge in [0.2, 0.25) is 0 Å². The molecule has 90 valence electrons. The van der Waals surface area contributed by atoms with Crippen LogP contribution in [0.2, 0.25) is 10.6 Å². The third kappa shape index (κ3) is 11.9. The van der Waals surface area contributed by atoms with E-state index < -0.39 is 0 Å². The summed E-state index contributed by atoms with van der Waals surface area (Å²) in [7, 11) is 1.46. The first-order valence-corrected chi connectivity index (χ1v) is 8.38. The Bertz CT molecular complexity index is 149. The van der Waals surface area contributed by atoms with Gasteiger partial charge in [0, 0.05) is 0 Å². The molecule has 0 heterocycles. The molecule has 3 heteroatoms. The third-order valence-electron chi connectivity index (χ3n) is 2.34. The predicted octanol–water partition coefficient (Wildman–Crippen LogP) is 3.45. The summed E-state index contributed by atoms with van der Waals surface area (Å²) in [5.41, 5.74) is 0. The van der Waals surface area contributed by atoms with Gasteiger partial charge in [-0.2, -0.15) is 0 Å². The van der Waals surface area contributed by atoms with Crippen LogP contribution in [-0.2, 0) is 9.53 Å². The van der Waals surface area contributed by atoms with Crippen molar-refractivity contribution in [2.45, 2.75) is 62.5 Å². The fourth-order valence-corrected chi connectivity index (χ4v) is 3.13. The van der Waals surface area contributed by atoms with Gasteiger partial charge in [0.1, 0.15) is 0 Å². The van der Waals surface area contributed by atoms with Gasteiger partial charge in [-0.15, -0.1) is 0 Å². The topological polar surface area (TPSA) is 26.3 Å². The van der Waals surface area contributed by atoms with Crippen LogP contribution in [0.4, 0.5) is 0 Å². The quantitative estimate of drug-likeness (QED) is 0.348. The van der Waals surface area contributed by atoms with E-state index in [1.165, 1.54) is 57.4 Å². The molecule has 0 aliphatic heterocycles. The Hall–Kier alpha value is -0.0105. The van der Waals surface area contributed by atoms with Gasteiger partial charge in [-0.25, -0.2) is 0 Å². The van der Waals surface area contributed by atoms with E-state index in [1.54, 1.807) is 0 Å². The molecule has 0 saturated carbocycles. The molecule has 0 radical (unpaired) electrons. The Balaban J connectivity index is 2.95. The zero-order valence-corrected chi connectivity index (χ0v) is 11.8. The fraction of sp³-hybridized carbons (Fsp3) is 0.917. The second kappa shape index (κ2) is 12.1. The monoisotopic (exact) mass is 280 g/mol. The average Bonchev–Trinajstić information content (AvgIpc) is 2.26. The summed E-state index contributed by atoms with van der Waals surface area (Å²) in [6, 6.07) is 0. The number of hydrogen-bond donors (Lipinski definition) is 0. The summed E-state index contributed by atoms with van der Waals surface area (Å²) in [5.74, 6) is -0.0436. The number of unbranched alkanes of at least 4 members (excludes halogenated alkanes) is 6. The minimum atomic E-state index is -0.0436. The Morgan fingerprint density at radius 3 is 2.27 bits per heavy atom. The molecule has 0 unspecified atom stereocenters. The van der Waals surface area contributed by atoms with E-state index in [0.717, 1.165) is 0 Å².